The molecule has 0 unspecified atom stereocenters. The molecule has 0 saturated heterocycles. The highest BCUT2D eigenvalue weighted by molar-refractivity contribution is 6.00. The smallest absolute Gasteiger partial charge is 0.407 e. The molecule has 4 rings (SSSR count). The Morgan fingerprint density at radius 2 is 1.69 bits per heavy atom. The molecule has 11 heteroatoms. The molecule has 2 N–H and O–H groups in total. The van der Waals surface area contributed by atoms with E-state index in [0.717, 1.165) is 5.56 Å². The molecule has 3 amide bonds. The van der Waals surface area contributed by atoms with Crippen LogP contribution in [0.1, 0.15) is 58.4 Å². The number of pyridine rings is 2. The number of hydrogen-bond donors (Lipinski definition) is 2. The number of aromatic nitrogens is 2. The van der Waals surface area contributed by atoms with Crippen LogP contribution < -0.4 is 15.7 Å². The van der Waals surface area contributed by atoms with E-state index in [4.69, 9.17) is 14.3 Å². The second-order valence-electron chi connectivity index (χ2n) is 11.2. The number of anilines is 1. The number of nitrogens with one attached hydrogen (secondary N) is 2. The molecular weight excluding hydrogens is 538 g/mol. The van der Waals surface area contributed by atoms with Crippen molar-refractivity contribution in [1.29, 1.82) is 0 Å². The Labute approximate surface area is 245 Å². The normalized spacial score (nSPS) is 16.8. The largest absolute Gasteiger partial charge is 0.445 e. The van der Waals surface area contributed by atoms with Gasteiger partial charge in [-0.1, -0.05) is 30.3 Å². The highest BCUT2D eigenvalue weighted by Gasteiger charge is 2.33. The summed E-state index contributed by atoms with van der Waals surface area (Å²) in [4.78, 5) is 52.9. The molecule has 42 heavy (non-hydrogen) atoms. The maximum absolute atomic E-state index is 13.8. The number of benzene rings is 1. The van der Waals surface area contributed by atoms with E-state index >= 15 is 0 Å². The monoisotopic (exact) mass is 577 g/mol. The standard InChI is InChI=1S/C31H39N5O6/c1-31(2,3)42-30(39)35-24-14-12-23(13-15-24)28(37)36(26-16-19-32-25-11-7-17-33-27(25)26)41-20-8-18-34-29(38)40-21-22-9-5-4-6-10-22/h4-7,9-11,16-17,19,23-24H,8,12-15,18,20-21H2,1-3H3,(H,34,38)(H,35,39). The molecule has 3 aromatic rings. The van der Waals surface area contributed by atoms with Gasteiger partial charge in [0.25, 0.3) is 5.91 Å². The topological polar surface area (TPSA) is 132 Å². The summed E-state index contributed by atoms with van der Waals surface area (Å²) in [6.45, 7) is 6.14. The Balaban J connectivity index is 1.33. The van der Waals surface area contributed by atoms with Gasteiger partial charge < -0.3 is 20.1 Å². The van der Waals surface area contributed by atoms with Crippen molar-refractivity contribution in [2.45, 2.75) is 71.1 Å². The Morgan fingerprint density at radius 3 is 2.43 bits per heavy atom. The van der Waals surface area contributed by atoms with Crippen LogP contribution in [-0.4, -0.2) is 52.9 Å². The van der Waals surface area contributed by atoms with Gasteiger partial charge >= 0.3 is 12.2 Å². The SMILES string of the molecule is CC(C)(C)OC(=O)NC1CCC(C(=O)N(OCCCNC(=O)OCc2ccccc2)c2ccnc3cccnc23)CC1. The van der Waals surface area contributed by atoms with Crippen LogP contribution in [0.5, 0.6) is 0 Å². The van der Waals surface area contributed by atoms with Crippen molar-refractivity contribution in [3.05, 3.63) is 66.5 Å². The summed E-state index contributed by atoms with van der Waals surface area (Å²) in [5.41, 5.74) is 2.03. The van der Waals surface area contributed by atoms with Gasteiger partial charge in [-0.15, -0.1) is 0 Å². The fourth-order valence-electron chi connectivity index (χ4n) is 4.70. The fourth-order valence-corrected chi connectivity index (χ4v) is 4.70. The van der Waals surface area contributed by atoms with Crippen molar-refractivity contribution in [2.24, 2.45) is 5.92 Å². The van der Waals surface area contributed by atoms with Gasteiger partial charge in [-0.25, -0.2) is 9.59 Å². The number of hydroxylamine groups is 1. The molecule has 1 aliphatic carbocycles. The van der Waals surface area contributed by atoms with Crippen LogP contribution in [0.3, 0.4) is 0 Å². The van der Waals surface area contributed by atoms with E-state index in [1.807, 2.05) is 57.2 Å². The molecule has 1 aromatic carbocycles. The van der Waals surface area contributed by atoms with Crippen molar-refractivity contribution >= 4 is 34.8 Å². The van der Waals surface area contributed by atoms with Crippen LogP contribution in [0.25, 0.3) is 11.0 Å². The van der Waals surface area contributed by atoms with E-state index in [-0.39, 0.29) is 31.1 Å². The zero-order chi connectivity index (χ0) is 30.0. The molecule has 11 nitrogen and oxygen atoms in total. The first-order valence-electron chi connectivity index (χ1n) is 14.3. The number of nitrogens with zero attached hydrogens (tertiary/aromatic N) is 3. The lowest BCUT2D eigenvalue weighted by atomic mass is 9.85. The second-order valence-corrected chi connectivity index (χ2v) is 11.2. The van der Waals surface area contributed by atoms with Crippen molar-refractivity contribution < 1.29 is 28.7 Å². The average Bonchev–Trinajstić information content (AvgIpc) is 2.97. The number of alkyl carbamates (subject to hydrolysis) is 2. The molecule has 224 valence electrons. The number of fused-ring (bicyclic) bond motifs is 1. The Morgan fingerprint density at radius 1 is 0.929 bits per heavy atom. The zero-order valence-electron chi connectivity index (χ0n) is 24.4. The minimum absolute atomic E-state index is 0.0607. The third-order valence-corrected chi connectivity index (χ3v) is 6.71. The first-order chi connectivity index (χ1) is 20.2. The average molecular weight is 578 g/mol. The Hall–Kier alpha value is -4.25. The van der Waals surface area contributed by atoms with Crippen LogP contribution in [0.2, 0.25) is 0 Å². The second kappa shape index (κ2) is 14.6. The summed E-state index contributed by atoms with van der Waals surface area (Å²) < 4.78 is 10.6. The van der Waals surface area contributed by atoms with Gasteiger partial charge in [0.1, 0.15) is 23.4 Å². The first kappa shape index (κ1) is 30.7. The molecule has 1 saturated carbocycles. The van der Waals surface area contributed by atoms with Gasteiger partial charge in [-0.2, -0.15) is 5.06 Å². The molecular formula is C31H39N5O6. The van der Waals surface area contributed by atoms with Crippen LogP contribution in [0.15, 0.2) is 60.9 Å². The quantitative estimate of drug-likeness (QED) is 0.245. The fraction of sp³-hybridized carbons (Fsp3) is 0.452. The van der Waals surface area contributed by atoms with Crippen LogP contribution in [0, 0.1) is 5.92 Å². The predicted molar refractivity (Wildman–Crippen MR) is 157 cm³/mol. The molecule has 2 heterocycles. The number of carbonyl (C=O) groups excluding carboxylic acids is 3. The van der Waals surface area contributed by atoms with Crippen molar-refractivity contribution in [3.63, 3.8) is 0 Å². The summed E-state index contributed by atoms with van der Waals surface area (Å²) in [5.74, 6) is -0.473. The predicted octanol–water partition coefficient (Wildman–Crippen LogP) is 5.29. The van der Waals surface area contributed by atoms with Crippen molar-refractivity contribution in [1.82, 2.24) is 20.6 Å². The van der Waals surface area contributed by atoms with E-state index < -0.39 is 17.8 Å². The summed E-state index contributed by atoms with van der Waals surface area (Å²) in [5, 5.41) is 6.94. The van der Waals surface area contributed by atoms with Gasteiger partial charge in [0, 0.05) is 30.9 Å². The number of rotatable bonds is 10. The minimum Gasteiger partial charge on any atom is -0.445 e. The number of carbonyl (C=O) groups is 3. The van der Waals surface area contributed by atoms with E-state index in [0.29, 0.717) is 55.4 Å². The lowest BCUT2D eigenvalue weighted by Gasteiger charge is -2.32. The summed E-state index contributed by atoms with van der Waals surface area (Å²) in [6, 6.07) is 14.7. The maximum atomic E-state index is 13.8. The van der Waals surface area contributed by atoms with Crippen LogP contribution >= 0.6 is 0 Å². The van der Waals surface area contributed by atoms with Gasteiger partial charge in [0.05, 0.1) is 12.1 Å². The minimum atomic E-state index is -0.575. The molecule has 0 spiro atoms. The van der Waals surface area contributed by atoms with Crippen molar-refractivity contribution in [3.8, 4) is 0 Å². The molecule has 0 radical (unpaired) electrons. The number of ether oxygens (including phenoxy) is 2. The lowest BCUT2D eigenvalue weighted by molar-refractivity contribution is -0.131. The third kappa shape index (κ3) is 9.13. The Bertz CT molecular complexity index is 1330. The molecule has 2 aromatic heterocycles. The number of amides is 3. The molecule has 1 fully saturated rings. The molecule has 0 bridgehead atoms. The molecule has 0 aliphatic heterocycles. The lowest BCUT2D eigenvalue weighted by Crippen LogP contribution is -2.44. The van der Waals surface area contributed by atoms with Gasteiger partial charge in [0.2, 0.25) is 0 Å². The molecule has 1 aliphatic rings. The highest BCUT2D eigenvalue weighted by Crippen LogP contribution is 2.31. The molecule has 0 atom stereocenters. The maximum Gasteiger partial charge on any atom is 0.407 e. The first-order valence-corrected chi connectivity index (χ1v) is 14.3. The van der Waals surface area contributed by atoms with E-state index in [1.54, 1.807) is 24.5 Å². The summed E-state index contributed by atoms with van der Waals surface area (Å²) in [7, 11) is 0. The van der Waals surface area contributed by atoms with Crippen LogP contribution in [-0.2, 0) is 25.7 Å². The highest BCUT2D eigenvalue weighted by atomic mass is 16.7. The van der Waals surface area contributed by atoms with Crippen molar-refractivity contribution in [2.75, 3.05) is 18.2 Å². The van der Waals surface area contributed by atoms with Crippen LogP contribution in [0.4, 0.5) is 15.3 Å². The van der Waals surface area contributed by atoms with E-state index in [2.05, 4.69) is 20.6 Å². The van der Waals surface area contributed by atoms with Gasteiger partial charge in [-0.05, 0) is 76.6 Å². The van der Waals surface area contributed by atoms with E-state index in [1.165, 1.54) is 5.06 Å². The zero-order valence-corrected chi connectivity index (χ0v) is 24.4. The number of hydrogen-bond acceptors (Lipinski definition) is 8. The van der Waals surface area contributed by atoms with Gasteiger partial charge in [0.15, 0.2) is 0 Å². The summed E-state index contributed by atoms with van der Waals surface area (Å²) >= 11 is 0. The summed E-state index contributed by atoms with van der Waals surface area (Å²) in [6.07, 6.45) is 5.22. The van der Waals surface area contributed by atoms with E-state index in [9.17, 15) is 14.4 Å². The van der Waals surface area contributed by atoms with Gasteiger partial charge in [-0.3, -0.25) is 19.6 Å². The third-order valence-electron chi connectivity index (χ3n) is 6.71. The Kier molecular flexibility index (Phi) is 10.7.